The molecule has 5 rings (SSSR count). The molecule has 3 aromatic rings. The van der Waals surface area contributed by atoms with Crippen molar-refractivity contribution in [3.8, 4) is 6.07 Å². The summed E-state index contributed by atoms with van der Waals surface area (Å²) in [4.78, 5) is 28.8. The molecule has 0 amide bonds. The second kappa shape index (κ2) is 7.54. The van der Waals surface area contributed by atoms with E-state index >= 15 is 0 Å². The van der Waals surface area contributed by atoms with Gasteiger partial charge >= 0.3 is 0 Å². The lowest BCUT2D eigenvalue weighted by Gasteiger charge is -2.36. The van der Waals surface area contributed by atoms with Crippen molar-refractivity contribution in [3.63, 3.8) is 0 Å². The van der Waals surface area contributed by atoms with Gasteiger partial charge in [-0.2, -0.15) is 5.26 Å². The molecule has 2 fully saturated rings. The molecule has 1 aliphatic carbocycles. The standard InChI is InChI=1S/C23H24N6O/c1-15-10-19-20(27-23(15)30)11-16(13-25-19)14-28-6-8-29(9-7-28)21-5-4-18(12-24)26-22(21)17-2-3-17/h4-5,10-11,13,17H,2-3,6-9,14H2,1H3,(H,27,30). The molecule has 0 unspecified atom stereocenters. The van der Waals surface area contributed by atoms with Crippen molar-refractivity contribution in [3.05, 3.63) is 63.3 Å². The van der Waals surface area contributed by atoms with E-state index in [1.54, 1.807) is 6.92 Å². The largest absolute Gasteiger partial charge is 0.367 e. The molecule has 3 aromatic heterocycles. The van der Waals surface area contributed by atoms with Crippen LogP contribution in [0, 0.1) is 18.3 Å². The first-order valence-electron chi connectivity index (χ1n) is 10.5. The smallest absolute Gasteiger partial charge is 0.251 e. The highest BCUT2D eigenvalue weighted by atomic mass is 16.1. The van der Waals surface area contributed by atoms with E-state index in [-0.39, 0.29) is 5.56 Å². The molecule has 1 N–H and O–H groups in total. The summed E-state index contributed by atoms with van der Waals surface area (Å²) in [6.45, 7) is 6.38. The van der Waals surface area contributed by atoms with Crippen LogP contribution in [0.15, 0.2) is 35.3 Å². The van der Waals surface area contributed by atoms with E-state index in [0.29, 0.717) is 17.2 Å². The number of nitriles is 1. The first-order chi connectivity index (χ1) is 14.6. The van der Waals surface area contributed by atoms with Crippen molar-refractivity contribution < 1.29 is 0 Å². The van der Waals surface area contributed by atoms with Crippen LogP contribution in [0.1, 0.15) is 41.3 Å². The molecule has 2 aliphatic rings. The van der Waals surface area contributed by atoms with Gasteiger partial charge in [0.25, 0.3) is 5.56 Å². The van der Waals surface area contributed by atoms with Crippen LogP contribution < -0.4 is 10.5 Å². The number of piperazine rings is 1. The molecule has 0 spiro atoms. The van der Waals surface area contributed by atoms with Crippen LogP contribution in [-0.4, -0.2) is 46.0 Å². The van der Waals surface area contributed by atoms with Crippen molar-refractivity contribution in [2.45, 2.75) is 32.2 Å². The van der Waals surface area contributed by atoms with Crippen molar-refractivity contribution in [2.75, 3.05) is 31.1 Å². The van der Waals surface area contributed by atoms with Gasteiger partial charge < -0.3 is 9.88 Å². The number of anilines is 1. The maximum atomic E-state index is 11.9. The van der Waals surface area contributed by atoms with Crippen LogP contribution in [0.3, 0.4) is 0 Å². The van der Waals surface area contributed by atoms with E-state index in [9.17, 15) is 10.1 Å². The van der Waals surface area contributed by atoms with E-state index in [0.717, 1.165) is 55.0 Å². The Morgan fingerprint density at radius 2 is 2.00 bits per heavy atom. The summed E-state index contributed by atoms with van der Waals surface area (Å²) >= 11 is 0. The molecule has 30 heavy (non-hydrogen) atoms. The van der Waals surface area contributed by atoms with Crippen molar-refractivity contribution in [1.82, 2.24) is 19.9 Å². The minimum absolute atomic E-state index is 0.0578. The summed E-state index contributed by atoms with van der Waals surface area (Å²) in [5, 5.41) is 9.18. The number of aromatic amines is 1. The Kier molecular flexibility index (Phi) is 4.72. The number of rotatable bonds is 4. The predicted molar refractivity (Wildman–Crippen MR) is 116 cm³/mol. The van der Waals surface area contributed by atoms with Gasteiger partial charge in [0, 0.05) is 50.4 Å². The molecule has 0 aromatic carbocycles. The van der Waals surface area contributed by atoms with E-state index in [1.807, 2.05) is 24.4 Å². The van der Waals surface area contributed by atoms with E-state index in [4.69, 9.17) is 0 Å². The van der Waals surface area contributed by atoms with Gasteiger partial charge in [-0.25, -0.2) is 4.98 Å². The third kappa shape index (κ3) is 3.66. The third-order valence-corrected chi connectivity index (χ3v) is 6.03. The highest BCUT2D eigenvalue weighted by Gasteiger charge is 2.30. The number of nitrogens with one attached hydrogen (secondary N) is 1. The molecular weight excluding hydrogens is 376 g/mol. The monoisotopic (exact) mass is 400 g/mol. The van der Waals surface area contributed by atoms with Crippen molar-refractivity contribution in [1.29, 1.82) is 5.26 Å². The van der Waals surface area contributed by atoms with Crippen LogP contribution >= 0.6 is 0 Å². The Morgan fingerprint density at radius 3 is 2.73 bits per heavy atom. The number of nitrogens with zero attached hydrogens (tertiary/aromatic N) is 5. The lowest BCUT2D eigenvalue weighted by molar-refractivity contribution is 0.249. The van der Waals surface area contributed by atoms with Gasteiger partial charge in [-0.1, -0.05) is 0 Å². The Labute approximate surface area is 175 Å². The molecule has 4 heterocycles. The average molecular weight is 400 g/mol. The molecule has 0 bridgehead atoms. The lowest BCUT2D eigenvalue weighted by atomic mass is 10.1. The molecule has 152 valence electrons. The maximum absolute atomic E-state index is 11.9. The summed E-state index contributed by atoms with van der Waals surface area (Å²) in [7, 11) is 0. The molecular formula is C23H24N6O. The quantitative estimate of drug-likeness (QED) is 0.724. The first-order valence-corrected chi connectivity index (χ1v) is 10.5. The van der Waals surface area contributed by atoms with Gasteiger partial charge in [0.1, 0.15) is 11.8 Å². The van der Waals surface area contributed by atoms with Gasteiger partial charge in [0.2, 0.25) is 0 Å². The first kappa shape index (κ1) is 18.8. The Hall–Kier alpha value is -3.24. The number of pyridine rings is 3. The van der Waals surface area contributed by atoms with Crippen molar-refractivity contribution in [2.24, 2.45) is 0 Å². The molecule has 0 atom stereocenters. The fraction of sp³-hybridized carbons (Fsp3) is 0.391. The van der Waals surface area contributed by atoms with Gasteiger partial charge in [-0.15, -0.1) is 0 Å². The Bertz CT molecular complexity index is 1200. The predicted octanol–water partition coefficient (Wildman–Crippen LogP) is 2.70. The number of hydrogen-bond acceptors (Lipinski definition) is 6. The minimum Gasteiger partial charge on any atom is -0.367 e. The summed E-state index contributed by atoms with van der Waals surface area (Å²) < 4.78 is 0. The SMILES string of the molecule is Cc1cc2ncc(CN3CCN(c4ccc(C#N)nc4C4CC4)CC3)cc2[nH]c1=O. The van der Waals surface area contributed by atoms with E-state index < -0.39 is 0 Å². The van der Waals surface area contributed by atoms with Crippen LogP contribution in [0.2, 0.25) is 0 Å². The van der Waals surface area contributed by atoms with Crippen LogP contribution in [0.5, 0.6) is 0 Å². The summed E-state index contributed by atoms with van der Waals surface area (Å²) in [5.74, 6) is 0.515. The highest BCUT2D eigenvalue weighted by Crippen LogP contribution is 2.43. The van der Waals surface area contributed by atoms with Gasteiger partial charge in [-0.3, -0.25) is 14.7 Å². The average Bonchev–Trinajstić information content (AvgIpc) is 3.60. The number of fused-ring (bicyclic) bond motifs is 1. The normalized spacial score (nSPS) is 17.3. The van der Waals surface area contributed by atoms with Gasteiger partial charge in [-0.05, 0) is 49.6 Å². The fourth-order valence-corrected chi connectivity index (χ4v) is 4.17. The fourth-order valence-electron chi connectivity index (χ4n) is 4.17. The zero-order valence-electron chi connectivity index (χ0n) is 17.1. The second-order valence-corrected chi connectivity index (χ2v) is 8.31. The second-order valence-electron chi connectivity index (χ2n) is 8.31. The number of aromatic nitrogens is 3. The zero-order chi connectivity index (χ0) is 20.7. The van der Waals surface area contributed by atoms with E-state index in [1.165, 1.54) is 18.5 Å². The zero-order valence-corrected chi connectivity index (χ0v) is 17.1. The van der Waals surface area contributed by atoms with Crippen molar-refractivity contribution >= 4 is 16.7 Å². The number of H-pyrrole nitrogens is 1. The minimum atomic E-state index is -0.0578. The molecule has 1 saturated carbocycles. The molecule has 1 saturated heterocycles. The number of aryl methyl sites for hydroxylation is 1. The molecule has 7 heteroatoms. The number of hydrogen-bond donors (Lipinski definition) is 1. The lowest BCUT2D eigenvalue weighted by Crippen LogP contribution is -2.46. The summed E-state index contributed by atoms with van der Waals surface area (Å²) in [6.07, 6.45) is 4.25. The molecule has 7 nitrogen and oxygen atoms in total. The Morgan fingerprint density at radius 1 is 1.20 bits per heavy atom. The molecule has 0 radical (unpaired) electrons. The highest BCUT2D eigenvalue weighted by molar-refractivity contribution is 5.74. The summed E-state index contributed by atoms with van der Waals surface area (Å²) in [5.41, 5.74) is 6.14. The van der Waals surface area contributed by atoms with Crippen LogP contribution in [-0.2, 0) is 6.54 Å². The van der Waals surface area contributed by atoms with Gasteiger partial charge in [0.15, 0.2) is 0 Å². The van der Waals surface area contributed by atoms with Crippen LogP contribution in [0.4, 0.5) is 5.69 Å². The molecule has 1 aliphatic heterocycles. The topological polar surface area (TPSA) is 88.9 Å². The van der Waals surface area contributed by atoms with Crippen LogP contribution in [0.25, 0.3) is 11.0 Å². The maximum Gasteiger partial charge on any atom is 0.251 e. The van der Waals surface area contributed by atoms with E-state index in [2.05, 4.69) is 36.9 Å². The Balaban J connectivity index is 1.28. The third-order valence-electron chi connectivity index (χ3n) is 6.03. The van der Waals surface area contributed by atoms with Gasteiger partial charge in [0.05, 0.1) is 22.4 Å². The summed E-state index contributed by atoms with van der Waals surface area (Å²) in [6, 6.07) is 9.93.